The van der Waals surface area contributed by atoms with Crippen molar-refractivity contribution in [2.45, 2.75) is 25.2 Å². The van der Waals surface area contributed by atoms with Crippen molar-refractivity contribution >= 4 is 18.4 Å². The average molecular weight is 284 g/mol. The standard InChI is InChI=1S/C17H20N2O2/c1-19-9-16(21-10-11-2-3-11)13-6-4-12(5-7-13)14-8-15(14)17(18)20/h4-7,9,11,14-15H,1-3,8,10H2,(H2,18,20)/b16-9-. The summed E-state index contributed by atoms with van der Waals surface area (Å²) >= 11 is 0. The lowest BCUT2D eigenvalue weighted by molar-refractivity contribution is -0.119. The highest BCUT2D eigenvalue weighted by atomic mass is 16.5. The third-order valence-corrected chi connectivity index (χ3v) is 4.16. The van der Waals surface area contributed by atoms with Crippen molar-refractivity contribution in [2.75, 3.05) is 6.61 Å². The topological polar surface area (TPSA) is 64.7 Å². The van der Waals surface area contributed by atoms with Crippen LogP contribution in [0.3, 0.4) is 0 Å². The first-order valence-electron chi connectivity index (χ1n) is 7.37. The van der Waals surface area contributed by atoms with Crippen molar-refractivity contribution in [1.29, 1.82) is 0 Å². The number of primary amides is 1. The van der Waals surface area contributed by atoms with E-state index in [0.717, 1.165) is 29.9 Å². The van der Waals surface area contributed by atoms with Gasteiger partial charge in [0.15, 0.2) is 0 Å². The molecular formula is C17H20N2O2. The number of rotatable bonds is 7. The number of hydrogen-bond acceptors (Lipinski definition) is 3. The van der Waals surface area contributed by atoms with Gasteiger partial charge in [-0.1, -0.05) is 24.3 Å². The normalized spacial score (nSPS) is 24.5. The molecule has 2 fully saturated rings. The summed E-state index contributed by atoms with van der Waals surface area (Å²) < 4.78 is 5.82. The molecule has 0 aliphatic heterocycles. The number of carbonyl (C=O) groups excluding carboxylic acids is 1. The fourth-order valence-electron chi connectivity index (χ4n) is 2.54. The molecule has 4 nitrogen and oxygen atoms in total. The first-order valence-corrected chi connectivity index (χ1v) is 7.37. The van der Waals surface area contributed by atoms with Crippen LogP contribution < -0.4 is 5.73 Å². The van der Waals surface area contributed by atoms with Gasteiger partial charge in [-0.05, 0) is 43.4 Å². The number of carbonyl (C=O) groups is 1. The second-order valence-corrected chi connectivity index (χ2v) is 5.90. The summed E-state index contributed by atoms with van der Waals surface area (Å²) in [4.78, 5) is 15.0. The molecule has 21 heavy (non-hydrogen) atoms. The van der Waals surface area contributed by atoms with Crippen LogP contribution >= 0.6 is 0 Å². The van der Waals surface area contributed by atoms with Crippen molar-refractivity contribution in [1.82, 2.24) is 0 Å². The number of amides is 1. The number of hydrogen-bond donors (Lipinski definition) is 1. The van der Waals surface area contributed by atoms with E-state index in [4.69, 9.17) is 10.5 Å². The molecule has 1 aromatic carbocycles. The molecule has 3 rings (SSSR count). The second-order valence-electron chi connectivity index (χ2n) is 5.90. The Morgan fingerprint density at radius 3 is 2.62 bits per heavy atom. The molecule has 0 saturated heterocycles. The molecule has 4 heteroatoms. The fraction of sp³-hybridized carbons (Fsp3) is 0.412. The van der Waals surface area contributed by atoms with Crippen LogP contribution in [0.5, 0.6) is 0 Å². The summed E-state index contributed by atoms with van der Waals surface area (Å²) in [5.41, 5.74) is 7.48. The van der Waals surface area contributed by atoms with Crippen LogP contribution in [-0.2, 0) is 9.53 Å². The van der Waals surface area contributed by atoms with Crippen LogP contribution in [0, 0.1) is 11.8 Å². The van der Waals surface area contributed by atoms with E-state index in [2.05, 4.69) is 11.7 Å². The highest BCUT2D eigenvalue weighted by Crippen LogP contribution is 2.47. The van der Waals surface area contributed by atoms with Crippen LogP contribution in [0.25, 0.3) is 5.76 Å². The summed E-state index contributed by atoms with van der Waals surface area (Å²) in [6.45, 7) is 4.24. The van der Waals surface area contributed by atoms with Gasteiger partial charge in [0.2, 0.25) is 5.91 Å². The van der Waals surface area contributed by atoms with E-state index in [1.54, 1.807) is 6.20 Å². The van der Waals surface area contributed by atoms with Crippen LogP contribution in [0.2, 0.25) is 0 Å². The van der Waals surface area contributed by atoms with Gasteiger partial charge in [0.1, 0.15) is 5.76 Å². The van der Waals surface area contributed by atoms with Crippen LogP contribution in [0.1, 0.15) is 36.3 Å². The van der Waals surface area contributed by atoms with Gasteiger partial charge in [-0.25, -0.2) is 0 Å². The van der Waals surface area contributed by atoms with Crippen molar-refractivity contribution in [3.8, 4) is 0 Å². The first kappa shape index (κ1) is 13.9. The zero-order valence-corrected chi connectivity index (χ0v) is 12.0. The summed E-state index contributed by atoms with van der Waals surface area (Å²) in [5, 5.41) is 0. The molecule has 1 aromatic rings. The smallest absolute Gasteiger partial charge is 0.221 e. The van der Waals surface area contributed by atoms with E-state index in [1.165, 1.54) is 12.8 Å². The van der Waals surface area contributed by atoms with E-state index in [0.29, 0.717) is 5.92 Å². The fourth-order valence-corrected chi connectivity index (χ4v) is 2.54. The summed E-state index contributed by atoms with van der Waals surface area (Å²) in [6, 6.07) is 8.10. The molecule has 2 aliphatic rings. The largest absolute Gasteiger partial charge is 0.491 e. The number of ether oxygens (including phenoxy) is 1. The third-order valence-electron chi connectivity index (χ3n) is 4.16. The monoisotopic (exact) mass is 284 g/mol. The molecular weight excluding hydrogens is 264 g/mol. The number of aliphatic imine (C=N–C) groups is 1. The zero-order chi connectivity index (χ0) is 14.8. The minimum absolute atomic E-state index is 0.00632. The maximum Gasteiger partial charge on any atom is 0.221 e. The number of nitrogens with zero attached hydrogens (tertiary/aromatic N) is 1. The summed E-state index contributed by atoms with van der Waals surface area (Å²) in [5.74, 6) is 1.54. The van der Waals surface area contributed by atoms with Crippen LogP contribution in [0.4, 0.5) is 0 Å². The minimum Gasteiger partial charge on any atom is -0.491 e. The van der Waals surface area contributed by atoms with Crippen molar-refractivity contribution < 1.29 is 9.53 Å². The van der Waals surface area contributed by atoms with Crippen LogP contribution in [0.15, 0.2) is 35.5 Å². The summed E-state index contributed by atoms with van der Waals surface area (Å²) in [6.07, 6.45) is 5.03. The quantitative estimate of drug-likeness (QED) is 0.618. The predicted octanol–water partition coefficient (Wildman–Crippen LogP) is 2.70. The summed E-state index contributed by atoms with van der Waals surface area (Å²) in [7, 11) is 0. The van der Waals surface area contributed by atoms with E-state index in [1.807, 2.05) is 24.3 Å². The molecule has 1 amide bonds. The first-order chi connectivity index (χ1) is 10.2. The molecule has 2 aliphatic carbocycles. The second kappa shape index (κ2) is 5.72. The molecule has 0 radical (unpaired) electrons. The number of benzene rings is 1. The molecule has 0 bridgehead atoms. The van der Waals surface area contributed by atoms with E-state index in [-0.39, 0.29) is 17.7 Å². The lowest BCUT2D eigenvalue weighted by Gasteiger charge is -2.10. The molecule has 2 atom stereocenters. The molecule has 2 saturated carbocycles. The van der Waals surface area contributed by atoms with Gasteiger partial charge in [0, 0.05) is 11.5 Å². The zero-order valence-electron chi connectivity index (χ0n) is 12.0. The molecule has 0 heterocycles. The molecule has 2 unspecified atom stereocenters. The molecule has 0 aromatic heterocycles. The molecule has 0 spiro atoms. The Morgan fingerprint density at radius 1 is 1.38 bits per heavy atom. The van der Waals surface area contributed by atoms with E-state index in [9.17, 15) is 4.79 Å². The highest BCUT2D eigenvalue weighted by Gasteiger charge is 2.42. The van der Waals surface area contributed by atoms with Gasteiger partial charge in [-0.15, -0.1) is 0 Å². The average Bonchev–Trinajstić information content (AvgIpc) is 3.37. The van der Waals surface area contributed by atoms with Gasteiger partial charge < -0.3 is 10.5 Å². The Balaban J connectivity index is 1.68. The van der Waals surface area contributed by atoms with E-state index < -0.39 is 0 Å². The van der Waals surface area contributed by atoms with Gasteiger partial charge in [-0.3, -0.25) is 9.79 Å². The van der Waals surface area contributed by atoms with Crippen molar-refractivity contribution in [3.63, 3.8) is 0 Å². The maximum atomic E-state index is 11.1. The highest BCUT2D eigenvalue weighted by molar-refractivity contribution is 5.81. The maximum absolute atomic E-state index is 11.1. The van der Waals surface area contributed by atoms with E-state index >= 15 is 0 Å². The van der Waals surface area contributed by atoms with Crippen molar-refractivity contribution in [3.05, 3.63) is 41.6 Å². The van der Waals surface area contributed by atoms with Gasteiger partial charge in [0.25, 0.3) is 0 Å². The lowest BCUT2D eigenvalue weighted by Crippen LogP contribution is -2.13. The molecule has 2 N–H and O–H groups in total. The lowest BCUT2D eigenvalue weighted by atomic mass is 10.1. The Kier molecular flexibility index (Phi) is 3.78. The van der Waals surface area contributed by atoms with Gasteiger partial charge >= 0.3 is 0 Å². The Bertz CT molecular complexity index is 573. The van der Waals surface area contributed by atoms with Crippen molar-refractivity contribution in [2.24, 2.45) is 22.6 Å². The van der Waals surface area contributed by atoms with Crippen LogP contribution in [-0.4, -0.2) is 19.2 Å². The third kappa shape index (κ3) is 3.32. The van der Waals surface area contributed by atoms with Gasteiger partial charge in [-0.2, -0.15) is 0 Å². The SMILES string of the molecule is C=N/C=C(\OCC1CC1)c1ccc(C2CC2C(N)=O)cc1. The number of nitrogens with two attached hydrogens (primary N) is 1. The Hall–Kier alpha value is -2.10. The Morgan fingerprint density at radius 2 is 2.10 bits per heavy atom. The molecule has 110 valence electrons. The minimum atomic E-state index is -0.201. The Labute approximate surface area is 124 Å². The van der Waals surface area contributed by atoms with Gasteiger partial charge in [0.05, 0.1) is 12.8 Å². The predicted molar refractivity (Wildman–Crippen MR) is 82.7 cm³/mol.